The molecule has 0 aliphatic heterocycles. The molecule has 0 radical (unpaired) electrons. The minimum atomic E-state index is 1.03. The molecule has 0 aliphatic carbocycles. The van der Waals surface area contributed by atoms with Crippen LogP contribution in [0, 0.1) is 0 Å². The Kier molecular flexibility index (Phi) is 2.13. The fraction of sp³-hybridized carbons (Fsp3) is 0.182. The average molecular weight is 173 g/mol. The standard InChI is InChI=1S/C11H11NO/c1-2-9-3-5-10(6-4-9)11-7-12-13-8-11/h3-8H,2H2,1H3. The lowest BCUT2D eigenvalue weighted by molar-refractivity contribution is 0.420. The number of benzene rings is 1. The molecule has 1 aromatic carbocycles. The van der Waals surface area contributed by atoms with Crippen LogP contribution >= 0.6 is 0 Å². The van der Waals surface area contributed by atoms with Gasteiger partial charge in [0.25, 0.3) is 0 Å². The molecule has 0 saturated carbocycles. The van der Waals surface area contributed by atoms with Crippen molar-refractivity contribution in [3.8, 4) is 11.1 Å². The number of aromatic nitrogens is 1. The van der Waals surface area contributed by atoms with E-state index in [1.54, 1.807) is 12.5 Å². The van der Waals surface area contributed by atoms with E-state index in [0.717, 1.165) is 17.5 Å². The highest BCUT2D eigenvalue weighted by molar-refractivity contribution is 5.61. The van der Waals surface area contributed by atoms with Crippen LogP contribution in [0.5, 0.6) is 0 Å². The minimum Gasteiger partial charge on any atom is -0.364 e. The fourth-order valence-electron chi connectivity index (χ4n) is 1.28. The van der Waals surface area contributed by atoms with Gasteiger partial charge in [-0.3, -0.25) is 0 Å². The third kappa shape index (κ3) is 1.61. The molecule has 0 unspecified atom stereocenters. The summed E-state index contributed by atoms with van der Waals surface area (Å²) in [6.07, 6.45) is 4.45. The van der Waals surface area contributed by atoms with Crippen molar-refractivity contribution in [1.29, 1.82) is 0 Å². The molecule has 0 N–H and O–H groups in total. The first kappa shape index (κ1) is 8.05. The van der Waals surface area contributed by atoms with E-state index in [-0.39, 0.29) is 0 Å². The van der Waals surface area contributed by atoms with E-state index in [2.05, 4.69) is 36.3 Å². The van der Waals surface area contributed by atoms with Crippen LogP contribution in [0.15, 0.2) is 41.2 Å². The van der Waals surface area contributed by atoms with Crippen molar-refractivity contribution >= 4 is 0 Å². The topological polar surface area (TPSA) is 26.0 Å². The highest BCUT2D eigenvalue weighted by Crippen LogP contribution is 2.18. The van der Waals surface area contributed by atoms with Gasteiger partial charge in [0, 0.05) is 5.56 Å². The van der Waals surface area contributed by atoms with Gasteiger partial charge in [-0.05, 0) is 17.5 Å². The van der Waals surface area contributed by atoms with Crippen LogP contribution in [0.1, 0.15) is 12.5 Å². The summed E-state index contributed by atoms with van der Waals surface area (Å²) in [6, 6.07) is 8.43. The van der Waals surface area contributed by atoms with Gasteiger partial charge in [0.1, 0.15) is 6.26 Å². The lowest BCUT2D eigenvalue weighted by Gasteiger charge is -1.98. The SMILES string of the molecule is CCc1ccc(-c2cnoc2)cc1. The second kappa shape index (κ2) is 3.44. The molecule has 0 amide bonds. The molecule has 2 heteroatoms. The fourth-order valence-corrected chi connectivity index (χ4v) is 1.28. The molecule has 1 heterocycles. The number of aryl methyl sites for hydroxylation is 1. The molecular formula is C11H11NO. The van der Waals surface area contributed by atoms with Crippen LogP contribution in [-0.4, -0.2) is 5.16 Å². The Morgan fingerprint density at radius 2 is 1.92 bits per heavy atom. The van der Waals surface area contributed by atoms with Crippen LogP contribution in [0.2, 0.25) is 0 Å². The Morgan fingerprint density at radius 1 is 1.15 bits per heavy atom. The van der Waals surface area contributed by atoms with E-state index in [4.69, 9.17) is 4.52 Å². The zero-order chi connectivity index (χ0) is 9.10. The predicted octanol–water partition coefficient (Wildman–Crippen LogP) is 2.90. The number of hydrogen-bond acceptors (Lipinski definition) is 2. The van der Waals surface area contributed by atoms with Crippen molar-refractivity contribution in [1.82, 2.24) is 5.16 Å². The van der Waals surface area contributed by atoms with Crippen LogP contribution in [-0.2, 0) is 6.42 Å². The quantitative estimate of drug-likeness (QED) is 0.697. The van der Waals surface area contributed by atoms with Gasteiger partial charge in [-0.25, -0.2) is 0 Å². The lowest BCUT2D eigenvalue weighted by Crippen LogP contribution is -1.79. The molecule has 66 valence electrons. The monoisotopic (exact) mass is 173 g/mol. The minimum absolute atomic E-state index is 1.03. The van der Waals surface area contributed by atoms with E-state index in [1.165, 1.54) is 5.56 Å². The van der Waals surface area contributed by atoms with Gasteiger partial charge >= 0.3 is 0 Å². The van der Waals surface area contributed by atoms with Gasteiger partial charge in [-0.1, -0.05) is 36.3 Å². The molecule has 1 aromatic heterocycles. The molecule has 13 heavy (non-hydrogen) atoms. The molecule has 0 aliphatic rings. The van der Waals surface area contributed by atoms with Crippen molar-refractivity contribution in [3.05, 3.63) is 42.3 Å². The van der Waals surface area contributed by atoms with E-state index in [0.29, 0.717) is 0 Å². The zero-order valence-corrected chi connectivity index (χ0v) is 7.53. The van der Waals surface area contributed by atoms with E-state index >= 15 is 0 Å². The van der Waals surface area contributed by atoms with Gasteiger partial charge in [0.2, 0.25) is 0 Å². The summed E-state index contributed by atoms with van der Waals surface area (Å²) in [6.45, 7) is 2.15. The van der Waals surface area contributed by atoms with Crippen molar-refractivity contribution < 1.29 is 4.52 Å². The maximum atomic E-state index is 4.78. The predicted molar refractivity (Wildman–Crippen MR) is 51.3 cm³/mol. The van der Waals surface area contributed by atoms with Crippen molar-refractivity contribution in [2.75, 3.05) is 0 Å². The van der Waals surface area contributed by atoms with Crippen molar-refractivity contribution in [2.24, 2.45) is 0 Å². The molecule has 0 bridgehead atoms. The molecule has 0 fully saturated rings. The summed E-state index contributed by atoms with van der Waals surface area (Å²) in [5, 5.41) is 3.67. The highest BCUT2D eigenvalue weighted by Gasteiger charge is 1.98. The maximum Gasteiger partial charge on any atom is 0.131 e. The van der Waals surface area contributed by atoms with E-state index in [1.807, 2.05) is 0 Å². The number of hydrogen-bond donors (Lipinski definition) is 0. The van der Waals surface area contributed by atoms with Crippen molar-refractivity contribution in [2.45, 2.75) is 13.3 Å². The first-order valence-corrected chi connectivity index (χ1v) is 4.39. The van der Waals surface area contributed by atoms with Crippen LogP contribution in [0.3, 0.4) is 0 Å². The number of nitrogens with zero attached hydrogens (tertiary/aromatic N) is 1. The summed E-state index contributed by atoms with van der Waals surface area (Å²) < 4.78 is 4.78. The molecule has 2 nitrogen and oxygen atoms in total. The summed E-state index contributed by atoms with van der Waals surface area (Å²) in [4.78, 5) is 0. The van der Waals surface area contributed by atoms with Gasteiger partial charge in [0.05, 0.1) is 6.20 Å². The maximum absolute atomic E-state index is 4.78. The first-order chi connectivity index (χ1) is 6.40. The smallest absolute Gasteiger partial charge is 0.131 e. The first-order valence-electron chi connectivity index (χ1n) is 4.39. The normalized spacial score (nSPS) is 10.2. The molecule has 2 aromatic rings. The van der Waals surface area contributed by atoms with Crippen LogP contribution in [0.4, 0.5) is 0 Å². The second-order valence-electron chi connectivity index (χ2n) is 2.96. The second-order valence-corrected chi connectivity index (χ2v) is 2.96. The highest BCUT2D eigenvalue weighted by atomic mass is 16.5. The Morgan fingerprint density at radius 3 is 2.46 bits per heavy atom. The number of rotatable bonds is 2. The average Bonchev–Trinajstić information content (AvgIpc) is 2.71. The van der Waals surface area contributed by atoms with Gasteiger partial charge in [-0.15, -0.1) is 0 Å². The summed E-state index contributed by atoms with van der Waals surface area (Å²) in [7, 11) is 0. The largest absolute Gasteiger partial charge is 0.364 e. The summed E-state index contributed by atoms with van der Waals surface area (Å²) in [5.41, 5.74) is 3.53. The van der Waals surface area contributed by atoms with Gasteiger partial charge in [0.15, 0.2) is 0 Å². The van der Waals surface area contributed by atoms with E-state index < -0.39 is 0 Å². The summed E-state index contributed by atoms with van der Waals surface area (Å²) in [5.74, 6) is 0. The Hall–Kier alpha value is -1.57. The molecule has 0 saturated heterocycles. The Bertz CT molecular complexity index is 361. The Labute approximate surface area is 77.2 Å². The van der Waals surface area contributed by atoms with E-state index in [9.17, 15) is 0 Å². The van der Waals surface area contributed by atoms with Gasteiger partial charge < -0.3 is 4.52 Å². The third-order valence-corrected chi connectivity index (χ3v) is 2.13. The third-order valence-electron chi connectivity index (χ3n) is 2.13. The van der Waals surface area contributed by atoms with Crippen LogP contribution in [0.25, 0.3) is 11.1 Å². The lowest BCUT2D eigenvalue weighted by atomic mass is 10.1. The zero-order valence-electron chi connectivity index (χ0n) is 7.53. The van der Waals surface area contributed by atoms with Crippen LogP contribution < -0.4 is 0 Å². The molecule has 0 spiro atoms. The molecule has 0 atom stereocenters. The Balaban J connectivity index is 2.33. The molecule has 2 rings (SSSR count). The van der Waals surface area contributed by atoms with Crippen molar-refractivity contribution in [3.63, 3.8) is 0 Å². The summed E-state index contributed by atoms with van der Waals surface area (Å²) >= 11 is 0. The van der Waals surface area contributed by atoms with Gasteiger partial charge in [-0.2, -0.15) is 0 Å². The molecular weight excluding hydrogens is 162 g/mol.